The molecule has 2 aromatic carbocycles. The van der Waals surface area contributed by atoms with E-state index in [9.17, 15) is 5.11 Å². The van der Waals surface area contributed by atoms with Gasteiger partial charge in [0.15, 0.2) is 0 Å². The van der Waals surface area contributed by atoms with Crippen LogP contribution in [0.3, 0.4) is 0 Å². The number of hydrogen-bond donors (Lipinski definition) is 1. The molecule has 0 spiro atoms. The van der Waals surface area contributed by atoms with Gasteiger partial charge in [-0.25, -0.2) is 0 Å². The van der Waals surface area contributed by atoms with E-state index in [4.69, 9.17) is 11.6 Å². The monoisotopic (exact) mass is 230 g/mol. The Hall–Kier alpha value is -1.73. The first-order valence-corrected chi connectivity index (χ1v) is 5.36. The number of aromatic hydroxyl groups is 1. The highest BCUT2D eigenvalue weighted by Gasteiger charge is 1.96. The standard InChI is InChI=1S/C14H11ClO/c15-13-7-3-1-5-11(13)9-10-12-6-2-4-8-14(12)16/h1-10,16H. The Morgan fingerprint density at radius 1 is 0.812 bits per heavy atom. The molecule has 0 saturated heterocycles. The van der Waals surface area contributed by atoms with Crippen LogP contribution in [-0.4, -0.2) is 5.11 Å². The van der Waals surface area contributed by atoms with Crippen molar-refractivity contribution in [2.45, 2.75) is 0 Å². The lowest BCUT2D eigenvalue weighted by molar-refractivity contribution is 0.474. The van der Waals surface area contributed by atoms with E-state index in [1.807, 2.05) is 48.6 Å². The number of phenolic OH excluding ortho intramolecular Hbond substituents is 1. The van der Waals surface area contributed by atoms with Crippen molar-refractivity contribution in [3.8, 4) is 5.75 Å². The van der Waals surface area contributed by atoms with Crippen LogP contribution in [0.25, 0.3) is 12.2 Å². The summed E-state index contributed by atoms with van der Waals surface area (Å²) in [4.78, 5) is 0. The van der Waals surface area contributed by atoms with Crippen LogP contribution in [0.5, 0.6) is 5.75 Å². The summed E-state index contributed by atoms with van der Waals surface area (Å²) in [6.45, 7) is 0. The van der Waals surface area contributed by atoms with Crippen molar-refractivity contribution in [2.75, 3.05) is 0 Å². The van der Waals surface area contributed by atoms with E-state index >= 15 is 0 Å². The zero-order valence-electron chi connectivity index (χ0n) is 8.60. The summed E-state index contributed by atoms with van der Waals surface area (Å²) in [5, 5.41) is 10.3. The summed E-state index contributed by atoms with van der Waals surface area (Å²) in [5.74, 6) is 0.269. The number of para-hydroxylation sites is 1. The highest BCUT2D eigenvalue weighted by Crippen LogP contribution is 2.21. The molecule has 0 fully saturated rings. The third kappa shape index (κ3) is 2.44. The summed E-state index contributed by atoms with van der Waals surface area (Å²) in [7, 11) is 0. The van der Waals surface area contributed by atoms with Crippen LogP contribution in [0, 0.1) is 0 Å². The second-order valence-electron chi connectivity index (χ2n) is 3.41. The largest absolute Gasteiger partial charge is 0.507 e. The number of phenols is 1. The third-order valence-corrected chi connectivity index (χ3v) is 2.63. The molecule has 0 aliphatic carbocycles. The van der Waals surface area contributed by atoms with Crippen LogP contribution in [0.15, 0.2) is 48.5 Å². The normalized spacial score (nSPS) is 10.8. The van der Waals surface area contributed by atoms with Gasteiger partial charge < -0.3 is 5.11 Å². The van der Waals surface area contributed by atoms with Gasteiger partial charge in [-0.15, -0.1) is 0 Å². The van der Waals surface area contributed by atoms with Crippen LogP contribution < -0.4 is 0 Å². The molecular formula is C14H11ClO. The van der Waals surface area contributed by atoms with Crippen molar-refractivity contribution in [3.63, 3.8) is 0 Å². The zero-order valence-corrected chi connectivity index (χ0v) is 9.35. The van der Waals surface area contributed by atoms with Gasteiger partial charge in [0.25, 0.3) is 0 Å². The Morgan fingerprint density at radius 3 is 2.06 bits per heavy atom. The van der Waals surface area contributed by atoms with Crippen LogP contribution in [-0.2, 0) is 0 Å². The maximum absolute atomic E-state index is 9.57. The van der Waals surface area contributed by atoms with E-state index < -0.39 is 0 Å². The van der Waals surface area contributed by atoms with Crippen molar-refractivity contribution in [3.05, 3.63) is 64.7 Å². The minimum atomic E-state index is 0.269. The zero-order chi connectivity index (χ0) is 11.4. The molecular weight excluding hydrogens is 220 g/mol. The van der Waals surface area contributed by atoms with E-state index in [0.29, 0.717) is 5.02 Å². The van der Waals surface area contributed by atoms with E-state index in [-0.39, 0.29) is 5.75 Å². The maximum atomic E-state index is 9.57. The molecule has 0 heterocycles. The average Bonchev–Trinajstić information content (AvgIpc) is 2.30. The molecule has 0 aromatic heterocycles. The maximum Gasteiger partial charge on any atom is 0.122 e. The van der Waals surface area contributed by atoms with Crippen molar-refractivity contribution in [1.29, 1.82) is 0 Å². The van der Waals surface area contributed by atoms with Crippen LogP contribution in [0.1, 0.15) is 11.1 Å². The fourth-order valence-corrected chi connectivity index (χ4v) is 1.62. The number of halogens is 1. The topological polar surface area (TPSA) is 20.2 Å². The third-order valence-electron chi connectivity index (χ3n) is 2.28. The lowest BCUT2D eigenvalue weighted by Crippen LogP contribution is -1.75. The van der Waals surface area contributed by atoms with Gasteiger partial charge in [0.2, 0.25) is 0 Å². The van der Waals surface area contributed by atoms with Gasteiger partial charge in [-0.05, 0) is 17.7 Å². The summed E-state index contributed by atoms with van der Waals surface area (Å²) >= 11 is 6.02. The molecule has 2 aromatic rings. The van der Waals surface area contributed by atoms with Gasteiger partial charge in [0.1, 0.15) is 5.75 Å². The second-order valence-corrected chi connectivity index (χ2v) is 3.82. The molecule has 0 radical (unpaired) electrons. The van der Waals surface area contributed by atoms with E-state index in [1.165, 1.54) is 0 Å². The molecule has 0 atom stereocenters. The van der Waals surface area contributed by atoms with Gasteiger partial charge >= 0.3 is 0 Å². The Labute approximate surface area is 99.6 Å². The van der Waals surface area contributed by atoms with Crippen molar-refractivity contribution >= 4 is 23.8 Å². The number of rotatable bonds is 2. The van der Waals surface area contributed by atoms with Gasteiger partial charge in [-0.2, -0.15) is 0 Å². The minimum Gasteiger partial charge on any atom is -0.507 e. The smallest absolute Gasteiger partial charge is 0.122 e. The van der Waals surface area contributed by atoms with Crippen molar-refractivity contribution < 1.29 is 5.11 Å². The molecule has 0 saturated carbocycles. The molecule has 1 nitrogen and oxygen atoms in total. The fraction of sp³-hybridized carbons (Fsp3) is 0. The first kappa shape index (κ1) is 10.8. The first-order valence-electron chi connectivity index (χ1n) is 4.98. The van der Waals surface area contributed by atoms with Gasteiger partial charge in [-0.3, -0.25) is 0 Å². The molecule has 1 N–H and O–H groups in total. The quantitative estimate of drug-likeness (QED) is 0.766. The van der Waals surface area contributed by atoms with Gasteiger partial charge in [0, 0.05) is 10.6 Å². The minimum absolute atomic E-state index is 0.269. The van der Waals surface area contributed by atoms with Crippen LogP contribution >= 0.6 is 11.6 Å². The molecule has 2 heteroatoms. The molecule has 0 aliphatic heterocycles. The first-order chi connectivity index (χ1) is 7.77. The molecule has 80 valence electrons. The Balaban J connectivity index is 2.29. The Morgan fingerprint density at radius 2 is 1.38 bits per heavy atom. The van der Waals surface area contributed by atoms with Crippen LogP contribution in [0.2, 0.25) is 5.02 Å². The van der Waals surface area contributed by atoms with Gasteiger partial charge in [0.05, 0.1) is 0 Å². The lowest BCUT2D eigenvalue weighted by atomic mass is 10.1. The SMILES string of the molecule is Oc1ccccc1C=Cc1ccccc1Cl. The lowest BCUT2D eigenvalue weighted by Gasteiger charge is -1.99. The molecule has 0 amide bonds. The molecule has 2 rings (SSSR count). The average molecular weight is 231 g/mol. The van der Waals surface area contributed by atoms with Crippen LogP contribution in [0.4, 0.5) is 0 Å². The van der Waals surface area contributed by atoms with Crippen molar-refractivity contribution in [2.24, 2.45) is 0 Å². The molecule has 0 unspecified atom stereocenters. The summed E-state index contributed by atoms with van der Waals surface area (Å²) < 4.78 is 0. The highest BCUT2D eigenvalue weighted by molar-refractivity contribution is 6.32. The highest BCUT2D eigenvalue weighted by atomic mass is 35.5. The second kappa shape index (κ2) is 4.86. The fourth-order valence-electron chi connectivity index (χ4n) is 1.42. The molecule has 0 aliphatic rings. The summed E-state index contributed by atoms with van der Waals surface area (Å²) in [5.41, 5.74) is 1.72. The Bertz CT molecular complexity index is 470. The molecule has 16 heavy (non-hydrogen) atoms. The number of benzene rings is 2. The predicted octanol–water partition coefficient (Wildman–Crippen LogP) is 4.22. The Kier molecular flexibility index (Phi) is 3.28. The summed E-state index contributed by atoms with van der Waals surface area (Å²) in [6.07, 6.45) is 3.73. The summed E-state index contributed by atoms with van der Waals surface area (Å²) in [6, 6.07) is 14.8. The van der Waals surface area contributed by atoms with E-state index in [2.05, 4.69) is 0 Å². The number of hydrogen-bond acceptors (Lipinski definition) is 1. The van der Waals surface area contributed by atoms with Gasteiger partial charge in [-0.1, -0.05) is 60.2 Å². The molecule has 0 bridgehead atoms. The van der Waals surface area contributed by atoms with Crippen molar-refractivity contribution in [1.82, 2.24) is 0 Å². The van der Waals surface area contributed by atoms with E-state index in [1.54, 1.807) is 12.1 Å². The predicted molar refractivity (Wildman–Crippen MR) is 68.5 cm³/mol. The van der Waals surface area contributed by atoms with E-state index in [0.717, 1.165) is 11.1 Å².